The summed E-state index contributed by atoms with van der Waals surface area (Å²) >= 11 is 7.36. The molecule has 4 nitrogen and oxygen atoms in total. The third-order valence-electron chi connectivity index (χ3n) is 3.28. The number of thiazole rings is 1. The number of nitrogens with zero attached hydrogens (tertiary/aromatic N) is 3. The second kappa shape index (κ2) is 6.37. The first-order chi connectivity index (χ1) is 8.76. The van der Waals surface area contributed by atoms with Gasteiger partial charge in [-0.3, -0.25) is 0 Å². The monoisotopic (exact) mass is 284 g/mol. The topological polar surface area (TPSA) is 52.0 Å². The highest BCUT2D eigenvalue weighted by Gasteiger charge is 2.25. The SMILES string of the molecule is CNCCC1CCCCN1c1nc(Cl)c(C#N)s1. The number of anilines is 1. The zero-order valence-corrected chi connectivity index (χ0v) is 12.0. The van der Waals surface area contributed by atoms with Gasteiger partial charge < -0.3 is 10.2 Å². The van der Waals surface area contributed by atoms with Crippen LogP contribution in [0, 0.1) is 11.3 Å². The van der Waals surface area contributed by atoms with Gasteiger partial charge in [-0.05, 0) is 39.3 Å². The molecule has 0 amide bonds. The molecule has 0 saturated carbocycles. The third kappa shape index (κ3) is 2.94. The van der Waals surface area contributed by atoms with Crippen LogP contribution in [0.5, 0.6) is 0 Å². The highest BCUT2D eigenvalue weighted by atomic mass is 35.5. The second-order valence-electron chi connectivity index (χ2n) is 4.46. The molecule has 1 aromatic rings. The summed E-state index contributed by atoms with van der Waals surface area (Å²) in [7, 11) is 1.97. The van der Waals surface area contributed by atoms with E-state index in [1.54, 1.807) is 0 Å². The van der Waals surface area contributed by atoms with E-state index in [0.717, 1.165) is 24.6 Å². The minimum atomic E-state index is 0.343. The van der Waals surface area contributed by atoms with Crippen LogP contribution in [-0.2, 0) is 0 Å². The smallest absolute Gasteiger partial charge is 0.188 e. The Morgan fingerprint density at radius 3 is 3.11 bits per heavy atom. The van der Waals surface area contributed by atoms with Gasteiger partial charge in [0.2, 0.25) is 0 Å². The summed E-state index contributed by atoms with van der Waals surface area (Å²) in [5.41, 5.74) is 0. The van der Waals surface area contributed by atoms with Crippen LogP contribution in [0.1, 0.15) is 30.6 Å². The van der Waals surface area contributed by atoms with Crippen LogP contribution in [0.2, 0.25) is 5.15 Å². The molecule has 1 saturated heterocycles. The fourth-order valence-electron chi connectivity index (χ4n) is 2.35. The van der Waals surface area contributed by atoms with Gasteiger partial charge in [0.1, 0.15) is 10.9 Å². The lowest BCUT2D eigenvalue weighted by molar-refractivity contribution is 0.433. The van der Waals surface area contributed by atoms with Crippen LogP contribution in [0.15, 0.2) is 0 Å². The van der Waals surface area contributed by atoms with Gasteiger partial charge in [0, 0.05) is 12.6 Å². The van der Waals surface area contributed by atoms with E-state index >= 15 is 0 Å². The van der Waals surface area contributed by atoms with Crippen molar-refractivity contribution in [3.05, 3.63) is 10.0 Å². The maximum absolute atomic E-state index is 8.94. The molecule has 1 N–H and O–H groups in total. The molecule has 1 aromatic heterocycles. The van der Waals surface area contributed by atoms with E-state index < -0.39 is 0 Å². The first kappa shape index (κ1) is 13.6. The van der Waals surface area contributed by atoms with Gasteiger partial charge in [0.15, 0.2) is 10.3 Å². The van der Waals surface area contributed by atoms with E-state index in [2.05, 4.69) is 21.3 Å². The van der Waals surface area contributed by atoms with E-state index in [1.165, 1.54) is 30.6 Å². The average molecular weight is 285 g/mol. The van der Waals surface area contributed by atoms with Crippen molar-refractivity contribution in [1.29, 1.82) is 5.26 Å². The minimum Gasteiger partial charge on any atom is -0.345 e. The lowest BCUT2D eigenvalue weighted by Crippen LogP contribution is -2.41. The molecule has 6 heteroatoms. The molecule has 98 valence electrons. The van der Waals surface area contributed by atoms with Crippen LogP contribution in [0.25, 0.3) is 0 Å². The highest BCUT2D eigenvalue weighted by Crippen LogP contribution is 2.33. The maximum Gasteiger partial charge on any atom is 0.188 e. The van der Waals surface area contributed by atoms with Gasteiger partial charge in [0.25, 0.3) is 0 Å². The summed E-state index contributed by atoms with van der Waals surface area (Å²) in [6.07, 6.45) is 4.76. The largest absolute Gasteiger partial charge is 0.345 e. The van der Waals surface area contributed by atoms with Gasteiger partial charge in [-0.15, -0.1) is 0 Å². The third-order valence-corrected chi connectivity index (χ3v) is 4.66. The molecule has 1 aliphatic rings. The molecule has 18 heavy (non-hydrogen) atoms. The quantitative estimate of drug-likeness (QED) is 0.923. The molecule has 1 aliphatic heterocycles. The second-order valence-corrected chi connectivity index (χ2v) is 5.80. The predicted octanol–water partition coefficient (Wildman–Crippen LogP) is 2.64. The number of piperidine rings is 1. The minimum absolute atomic E-state index is 0.343. The number of hydrogen-bond acceptors (Lipinski definition) is 5. The molecule has 0 spiro atoms. The number of halogens is 1. The lowest BCUT2D eigenvalue weighted by Gasteiger charge is -2.35. The van der Waals surface area contributed by atoms with Crippen molar-refractivity contribution in [1.82, 2.24) is 10.3 Å². The van der Waals surface area contributed by atoms with E-state index in [4.69, 9.17) is 16.9 Å². The van der Waals surface area contributed by atoms with Crippen molar-refractivity contribution in [2.24, 2.45) is 0 Å². The Hall–Kier alpha value is -0.830. The van der Waals surface area contributed by atoms with E-state index in [-0.39, 0.29) is 0 Å². The van der Waals surface area contributed by atoms with Gasteiger partial charge in [0.05, 0.1) is 0 Å². The highest BCUT2D eigenvalue weighted by molar-refractivity contribution is 7.16. The summed E-state index contributed by atoms with van der Waals surface area (Å²) in [6.45, 7) is 2.02. The fraction of sp³-hybridized carbons (Fsp3) is 0.667. The number of rotatable bonds is 4. The molecule has 1 fully saturated rings. The number of nitriles is 1. The van der Waals surface area contributed by atoms with E-state index in [0.29, 0.717) is 16.1 Å². The number of nitrogens with one attached hydrogen (secondary N) is 1. The van der Waals surface area contributed by atoms with Gasteiger partial charge in [-0.1, -0.05) is 22.9 Å². The first-order valence-electron chi connectivity index (χ1n) is 6.24. The molecular formula is C12H17ClN4S. The summed E-state index contributed by atoms with van der Waals surface area (Å²) < 4.78 is 0. The first-order valence-corrected chi connectivity index (χ1v) is 7.43. The van der Waals surface area contributed by atoms with Crippen LogP contribution in [-0.4, -0.2) is 31.2 Å². The number of aromatic nitrogens is 1. The Labute approximate surface area is 117 Å². The van der Waals surface area contributed by atoms with Gasteiger partial charge >= 0.3 is 0 Å². The van der Waals surface area contributed by atoms with Crippen LogP contribution >= 0.6 is 22.9 Å². The van der Waals surface area contributed by atoms with Gasteiger partial charge in [-0.2, -0.15) is 5.26 Å². The van der Waals surface area contributed by atoms with Crippen molar-refractivity contribution < 1.29 is 0 Å². The van der Waals surface area contributed by atoms with Crippen molar-refractivity contribution in [2.45, 2.75) is 31.7 Å². The Balaban J connectivity index is 2.14. The summed E-state index contributed by atoms with van der Waals surface area (Å²) in [4.78, 5) is 7.17. The molecule has 0 radical (unpaired) electrons. The van der Waals surface area contributed by atoms with Crippen LogP contribution < -0.4 is 10.2 Å². The Bertz CT molecular complexity index is 440. The molecule has 2 heterocycles. The molecule has 1 atom stereocenters. The lowest BCUT2D eigenvalue weighted by atomic mass is 10.00. The van der Waals surface area contributed by atoms with Crippen LogP contribution in [0.3, 0.4) is 0 Å². The van der Waals surface area contributed by atoms with Gasteiger partial charge in [-0.25, -0.2) is 4.98 Å². The zero-order valence-electron chi connectivity index (χ0n) is 10.4. The average Bonchev–Trinajstić information content (AvgIpc) is 2.78. The van der Waals surface area contributed by atoms with E-state index in [9.17, 15) is 0 Å². The fourth-order valence-corrected chi connectivity index (χ4v) is 3.49. The van der Waals surface area contributed by atoms with E-state index in [1.807, 2.05) is 7.05 Å². The molecule has 2 rings (SSSR count). The predicted molar refractivity (Wildman–Crippen MR) is 75.4 cm³/mol. The van der Waals surface area contributed by atoms with Crippen LogP contribution in [0.4, 0.5) is 5.13 Å². The zero-order chi connectivity index (χ0) is 13.0. The Morgan fingerprint density at radius 1 is 1.61 bits per heavy atom. The van der Waals surface area contributed by atoms with Crippen molar-refractivity contribution in [3.8, 4) is 6.07 Å². The summed E-state index contributed by atoms with van der Waals surface area (Å²) in [5, 5.41) is 13.4. The molecule has 0 aromatic carbocycles. The standard InChI is InChI=1S/C12H17ClN4S/c1-15-6-5-9-4-2-3-7-17(9)12-16-11(13)10(8-14)18-12/h9,15H,2-7H2,1H3. The molecule has 0 bridgehead atoms. The molecular weight excluding hydrogens is 268 g/mol. The van der Waals surface area contributed by atoms with Crippen molar-refractivity contribution in [2.75, 3.05) is 25.0 Å². The normalized spacial score (nSPS) is 19.8. The summed E-state index contributed by atoms with van der Waals surface area (Å²) in [6, 6.07) is 2.61. The summed E-state index contributed by atoms with van der Waals surface area (Å²) in [5.74, 6) is 0. The molecule has 1 unspecified atom stereocenters. The van der Waals surface area contributed by atoms with Crippen molar-refractivity contribution >= 4 is 28.1 Å². The maximum atomic E-state index is 8.94. The van der Waals surface area contributed by atoms with Crippen molar-refractivity contribution in [3.63, 3.8) is 0 Å². The molecule has 0 aliphatic carbocycles. The Morgan fingerprint density at radius 2 is 2.44 bits per heavy atom. The number of hydrogen-bond donors (Lipinski definition) is 1. The Kier molecular flexibility index (Phi) is 4.81.